The number of aliphatic imine (C=N–C) groups is 1. The van der Waals surface area contributed by atoms with E-state index in [1.165, 1.54) is 0 Å². The average molecular weight is 299 g/mol. The summed E-state index contributed by atoms with van der Waals surface area (Å²) >= 11 is 0. The molecular formula is C16H21N3OSi. The van der Waals surface area contributed by atoms with Crippen LogP contribution in [0.2, 0.25) is 19.6 Å². The molecule has 0 aliphatic carbocycles. The molecule has 1 aromatic heterocycles. The molecule has 1 heterocycles. The highest BCUT2D eigenvalue weighted by molar-refractivity contribution is 6.70. The number of benzene rings is 1. The van der Waals surface area contributed by atoms with Crippen LogP contribution in [0.3, 0.4) is 0 Å². The summed E-state index contributed by atoms with van der Waals surface area (Å²) in [6.45, 7) is 10.5. The Bertz CT molecular complexity index is 648. The quantitative estimate of drug-likeness (QED) is 0.629. The summed E-state index contributed by atoms with van der Waals surface area (Å²) in [6, 6.07) is 6.02. The smallest absolute Gasteiger partial charge is 0.242 e. The van der Waals surface area contributed by atoms with Crippen molar-refractivity contribution in [2.75, 3.05) is 0 Å². The zero-order valence-electron chi connectivity index (χ0n) is 13.2. The highest BCUT2D eigenvalue weighted by atomic mass is 28.4. The fourth-order valence-corrected chi connectivity index (χ4v) is 2.77. The van der Waals surface area contributed by atoms with Crippen LogP contribution in [0, 0.1) is 6.92 Å². The molecule has 0 fully saturated rings. The molecule has 0 spiro atoms. The molecule has 21 heavy (non-hydrogen) atoms. The van der Waals surface area contributed by atoms with Gasteiger partial charge in [0.15, 0.2) is 0 Å². The first-order valence-corrected chi connectivity index (χ1v) is 10.4. The minimum absolute atomic E-state index is 0.776. The predicted octanol–water partition coefficient (Wildman–Crippen LogP) is 4.14. The maximum Gasteiger partial charge on any atom is 0.242 e. The second-order valence-corrected chi connectivity index (χ2v) is 10.4. The molecule has 1 aromatic carbocycles. The first-order valence-electron chi connectivity index (χ1n) is 6.97. The third kappa shape index (κ3) is 4.22. The van der Waals surface area contributed by atoms with E-state index in [0.29, 0.717) is 0 Å². The van der Waals surface area contributed by atoms with Gasteiger partial charge in [0.2, 0.25) is 8.32 Å². The van der Waals surface area contributed by atoms with E-state index in [1.807, 2.05) is 32.0 Å². The molecule has 0 saturated heterocycles. The predicted molar refractivity (Wildman–Crippen MR) is 89.1 cm³/mol. The van der Waals surface area contributed by atoms with E-state index in [2.05, 4.69) is 34.6 Å². The fraction of sp³-hybridized carbons (Fsp3) is 0.312. The maximum absolute atomic E-state index is 6.20. The molecule has 4 nitrogen and oxygen atoms in total. The third-order valence-corrected chi connectivity index (χ3v) is 3.64. The van der Waals surface area contributed by atoms with Crippen molar-refractivity contribution in [1.29, 1.82) is 0 Å². The van der Waals surface area contributed by atoms with Crippen LogP contribution in [-0.2, 0) is 0 Å². The van der Waals surface area contributed by atoms with Gasteiger partial charge in [-0.3, -0.25) is 9.97 Å². The Kier molecular flexibility index (Phi) is 4.52. The maximum atomic E-state index is 6.20. The zero-order chi connectivity index (χ0) is 15.5. The SMILES string of the molecule is CC(=Nc1cccc(C)c1O[Si](C)(C)C)c1cnccn1. The Morgan fingerprint density at radius 3 is 2.57 bits per heavy atom. The van der Waals surface area contributed by atoms with Gasteiger partial charge in [-0.15, -0.1) is 0 Å². The van der Waals surface area contributed by atoms with Crippen LogP contribution in [0.5, 0.6) is 5.75 Å². The first-order chi connectivity index (χ1) is 9.87. The van der Waals surface area contributed by atoms with Crippen LogP contribution in [0.4, 0.5) is 5.69 Å². The highest BCUT2D eigenvalue weighted by Gasteiger charge is 2.19. The average Bonchev–Trinajstić information content (AvgIpc) is 2.42. The lowest BCUT2D eigenvalue weighted by Crippen LogP contribution is -2.29. The van der Waals surface area contributed by atoms with Crippen LogP contribution in [0.15, 0.2) is 41.8 Å². The van der Waals surface area contributed by atoms with Gasteiger partial charge in [-0.25, -0.2) is 4.99 Å². The van der Waals surface area contributed by atoms with Crippen molar-refractivity contribution in [2.45, 2.75) is 33.5 Å². The molecule has 0 unspecified atom stereocenters. The number of para-hydroxylation sites is 1. The van der Waals surface area contributed by atoms with Crippen LogP contribution >= 0.6 is 0 Å². The summed E-state index contributed by atoms with van der Waals surface area (Å²) in [5.74, 6) is 0.875. The van der Waals surface area contributed by atoms with Crippen LogP contribution in [-0.4, -0.2) is 24.0 Å². The van der Waals surface area contributed by atoms with E-state index < -0.39 is 8.32 Å². The lowest BCUT2D eigenvalue weighted by molar-refractivity contribution is 0.554. The molecule has 0 aliphatic heterocycles. The van der Waals surface area contributed by atoms with Crippen molar-refractivity contribution in [3.8, 4) is 5.75 Å². The van der Waals surface area contributed by atoms with Crippen molar-refractivity contribution in [1.82, 2.24) is 9.97 Å². The monoisotopic (exact) mass is 299 g/mol. The van der Waals surface area contributed by atoms with Gasteiger partial charge in [0, 0.05) is 12.4 Å². The highest BCUT2D eigenvalue weighted by Crippen LogP contribution is 2.33. The van der Waals surface area contributed by atoms with Gasteiger partial charge in [0.25, 0.3) is 0 Å². The van der Waals surface area contributed by atoms with Gasteiger partial charge < -0.3 is 4.43 Å². The molecule has 2 aromatic rings. The van der Waals surface area contributed by atoms with Crippen LogP contribution in [0.1, 0.15) is 18.2 Å². The van der Waals surface area contributed by atoms with E-state index >= 15 is 0 Å². The molecule has 0 atom stereocenters. The second-order valence-electron chi connectivity index (χ2n) is 5.93. The normalized spacial score (nSPS) is 12.3. The molecule has 0 bridgehead atoms. The van der Waals surface area contributed by atoms with Gasteiger partial charge in [-0.1, -0.05) is 12.1 Å². The molecule has 2 rings (SSSR count). The zero-order valence-corrected chi connectivity index (χ0v) is 14.2. The van der Waals surface area contributed by atoms with Crippen molar-refractivity contribution in [3.63, 3.8) is 0 Å². The minimum Gasteiger partial charge on any atom is -0.543 e. The number of nitrogens with zero attached hydrogens (tertiary/aromatic N) is 3. The number of aromatic nitrogens is 2. The van der Waals surface area contributed by atoms with Crippen molar-refractivity contribution in [2.24, 2.45) is 4.99 Å². The molecule has 0 aliphatic rings. The summed E-state index contributed by atoms with van der Waals surface area (Å²) in [7, 11) is -1.69. The van der Waals surface area contributed by atoms with E-state index in [-0.39, 0.29) is 0 Å². The number of aryl methyl sites for hydroxylation is 1. The van der Waals surface area contributed by atoms with Crippen molar-refractivity contribution < 1.29 is 4.43 Å². The summed E-state index contributed by atoms with van der Waals surface area (Å²) in [5, 5.41) is 0. The van der Waals surface area contributed by atoms with E-state index in [0.717, 1.165) is 28.4 Å². The van der Waals surface area contributed by atoms with Crippen LogP contribution in [0.25, 0.3) is 0 Å². The molecule has 0 amide bonds. The molecule has 5 heteroatoms. The molecule has 0 saturated carbocycles. The van der Waals surface area contributed by atoms with E-state index in [1.54, 1.807) is 18.6 Å². The summed E-state index contributed by atoms with van der Waals surface area (Å²) in [5.41, 5.74) is 3.55. The Labute approximate surface area is 127 Å². The third-order valence-electron chi connectivity index (χ3n) is 2.82. The minimum atomic E-state index is -1.69. The Balaban J connectivity index is 2.43. The fourth-order valence-electron chi connectivity index (χ4n) is 1.89. The van der Waals surface area contributed by atoms with Gasteiger partial charge in [-0.2, -0.15) is 0 Å². The van der Waals surface area contributed by atoms with Crippen molar-refractivity contribution >= 4 is 19.7 Å². The van der Waals surface area contributed by atoms with Gasteiger partial charge in [-0.05, 0) is 45.1 Å². The number of rotatable bonds is 4. The standard InChI is InChI=1S/C16H21N3OSi/c1-12-7-6-8-14(16(12)20-21(3,4)5)19-13(2)15-11-17-9-10-18-15/h6-11H,1-5H3. The van der Waals surface area contributed by atoms with E-state index in [4.69, 9.17) is 4.43 Å². The summed E-state index contributed by atoms with van der Waals surface area (Å²) in [6.07, 6.45) is 5.04. The summed E-state index contributed by atoms with van der Waals surface area (Å²) < 4.78 is 6.20. The molecule has 110 valence electrons. The van der Waals surface area contributed by atoms with Gasteiger partial charge in [0.05, 0.1) is 11.9 Å². The lowest BCUT2D eigenvalue weighted by Gasteiger charge is -2.22. The topological polar surface area (TPSA) is 47.4 Å². The lowest BCUT2D eigenvalue weighted by atomic mass is 10.2. The number of hydrogen-bond acceptors (Lipinski definition) is 4. The molecule has 0 radical (unpaired) electrons. The molecule has 0 N–H and O–H groups in total. The summed E-state index contributed by atoms with van der Waals surface area (Å²) in [4.78, 5) is 13.0. The largest absolute Gasteiger partial charge is 0.543 e. The van der Waals surface area contributed by atoms with Gasteiger partial charge >= 0.3 is 0 Å². The van der Waals surface area contributed by atoms with Crippen molar-refractivity contribution in [3.05, 3.63) is 48.0 Å². The van der Waals surface area contributed by atoms with Gasteiger partial charge in [0.1, 0.15) is 17.1 Å². The van der Waals surface area contributed by atoms with E-state index in [9.17, 15) is 0 Å². The first kappa shape index (κ1) is 15.4. The second kappa shape index (κ2) is 6.18. The Hall–Kier alpha value is -2.01. The Morgan fingerprint density at radius 1 is 1.19 bits per heavy atom. The van der Waals surface area contributed by atoms with Crippen LogP contribution < -0.4 is 4.43 Å². The number of hydrogen-bond donors (Lipinski definition) is 0. The molecular weight excluding hydrogens is 278 g/mol. The Morgan fingerprint density at radius 2 is 1.95 bits per heavy atom.